The number of hydrogen-bond acceptors (Lipinski definition) is 3. The van der Waals surface area contributed by atoms with Crippen molar-refractivity contribution in [1.82, 2.24) is 0 Å². The molecule has 0 bridgehead atoms. The molecule has 1 unspecified atom stereocenters. The van der Waals surface area contributed by atoms with Gasteiger partial charge in [0.25, 0.3) is 0 Å². The molecule has 0 heterocycles. The Morgan fingerprint density at radius 1 is 1.19 bits per heavy atom. The van der Waals surface area contributed by atoms with Crippen LogP contribution in [0, 0.1) is 0 Å². The number of ketones is 1. The van der Waals surface area contributed by atoms with Crippen LogP contribution in [0.1, 0.15) is 64.4 Å². The third kappa shape index (κ3) is 5.27. The maximum atomic E-state index is 12.2. The first-order valence-corrected chi connectivity index (χ1v) is 9.44. The molecule has 0 aromatic heterocycles. The van der Waals surface area contributed by atoms with Crippen LogP contribution in [-0.4, -0.2) is 20.0 Å². The molecule has 0 saturated heterocycles. The molecule has 0 aliphatic rings. The van der Waals surface area contributed by atoms with E-state index in [4.69, 9.17) is 0 Å². The number of carbonyl (C=O) groups excluding carboxylic acids is 1. The summed E-state index contributed by atoms with van der Waals surface area (Å²) in [5.41, 5.74) is 1.03. The van der Waals surface area contributed by atoms with E-state index in [0.29, 0.717) is 24.2 Å². The van der Waals surface area contributed by atoms with Crippen LogP contribution >= 0.6 is 0 Å². The van der Waals surface area contributed by atoms with E-state index in [9.17, 15) is 13.2 Å². The second-order valence-corrected chi connectivity index (χ2v) is 7.54. The highest BCUT2D eigenvalue weighted by molar-refractivity contribution is 7.91. The van der Waals surface area contributed by atoms with Gasteiger partial charge in [0.05, 0.1) is 10.6 Å². The normalized spacial score (nSPS) is 13.1. The predicted molar refractivity (Wildman–Crippen MR) is 86.3 cm³/mol. The summed E-state index contributed by atoms with van der Waals surface area (Å²) in [7, 11) is -3.18. The number of rotatable bonds is 9. The molecule has 21 heavy (non-hydrogen) atoms. The van der Waals surface area contributed by atoms with Crippen molar-refractivity contribution in [2.24, 2.45) is 0 Å². The van der Waals surface area contributed by atoms with Crippen LogP contribution in [-0.2, 0) is 14.6 Å². The predicted octanol–water partition coefficient (Wildman–Crippen LogP) is 4.12. The molecule has 0 spiro atoms. The standard InChI is InChI=1S/C17H26O3S/c1-4-12-21(19,20)17-9-7-8-15(13-17)14(5-2)10-11-16(18)6-3/h7-9,13-14H,4-6,10-12H2,1-3H3. The van der Waals surface area contributed by atoms with Gasteiger partial charge < -0.3 is 0 Å². The van der Waals surface area contributed by atoms with Gasteiger partial charge in [0, 0.05) is 12.8 Å². The quantitative estimate of drug-likeness (QED) is 0.689. The van der Waals surface area contributed by atoms with Crippen LogP contribution in [0.3, 0.4) is 0 Å². The molecule has 3 nitrogen and oxygen atoms in total. The molecule has 4 heteroatoms. The lowest BCUT2D eigenvalue weighted by Gasteiger charge is -2.16. The van der Waals surface area contributed by atoms with Crippen molar-refractivity contribution >= 4 is 15.6 Å². The van der Waals surface area contributed by atoms with Crippen LogP contribution in [0.25, 0.3) is 0 Å². The first kappa shape index (κ1) is 17.9. The number of Topliss-reactive ketones (excluding diaryl/α,β-unsaturated/α-hetero) is 1. The summed E-state index contributed by atoms with van der Waals surface area (Å²) in [6.07, 6.45) is 3.46. The van der Waals surface area contributed by atoms with Gasteiger partial charge in [0.2, 0.25) is 0 Å². The minimum absolute atomic E-state index is 0.182. The Labute approximate surface area is 128 Å². The summed E-state index contributed by atoms with van der Waals surface area (Å²) in [6.45, 7) is 5.82. The van der Waals surface area contributed by atoms with Gasteiger partial charge in [-0.2, -0.15) is 0 Å². The van der Waals surface area contributed by atoms with E-state index in [0.717, 1.165) is 18.4 Å². The molecule has 0 aliphatic heterocycles. The van der Waals surface area contributed by atoms with Gasteiger partial charge in [-0.3, -0.25) is 4.79 Å². The van der Waals surface area contributed by atoms with Crippen LogP contribution in [0.5, 0.6) is 0 Å². The van der Waals surface area contributed by atoms with Crippen molar-refractivity contribution in [1.29, 1.82) is 0 Å². The highest BCUT2D eigenvalue weighted by Gasteiger charge is 2.17. The minimum Gasteiger partial charge on any atom is -0.300 e. The van der Waals surface area contributed by atoms with Crippen molar-refractivity contribution < 1.29 is 13.2 Å². The van der Waals surface area contributed by atoms with E-state index >= 15 is 0 Å². The van der Waals surface area contributed by atoms with Crippen molar-refractivity contribution in [3.8, 4) is 0 Å². The molecule has 1 atom stereocenters. The average Bonchev–Trinajstić information content (AvgIpc) is 2.48. The van der Waals surface area contributed by atoms with Crippen LogP contribution < -0.4 is 0 Å². The number of benzene rings is 1. The first-order valence-electron chi connectivity index (χ1n) is 7.79. The van der Waals surface area contributed by atoms with Crippen LogP contribution in [0.2, 0.25) is 0 Å². The summed E-state index contributed by atoms with van der Waals surface area (Å²) in [4.78, 5) is 11.9. The zero-order valence-electron chi connectivity index (χ0n) is 13.3. The Kier molecular flexibility index (Phi) is 7.09. The molecule has 0 fully saturated rings. The molecule has 0 saturated carbocycles. The fourth-order valence-corrected chi connectivity index (χ4v) is 3.84. The van der Waals surface area contributed by atoms with Gasteiger partial charge in [-0.05, 0) is 42.9 Å². The van der Waals surface area contributed by atoms with Crippen molar-refractivity contribution in [2.75, 3.05) is 5.75 Å². The van der Waals surface area contributed by atoms with E-state index in [1.807, 2.05) is 26.0 Å². The maximum Gasteiger partial charge on any atom is 0.178 e. The molecule has 1 aromatic rings. The summed E-state index contributed by atoms with van der Waals surface area (Å²) >= 11 is 0. The Hall–Kier alpha value is -1.16. The zero-order valence-corrected chi connectivity index (χ0v) is 14.1. The lowest BCUT2D eigenvalue weighted by atomic mass is 9.91. The van der Waals surface area contributed by atoms with Gasteiger partial charge in [0.15, 0.2) is 9.84 Å². The lowest BCUT2D eigenvalue weighted by Crippen LogP contribution is -2.08. The Bertz CT molecular complexity index is 561. The fraction of sp³-hybridized carbons (Fsp3) is 0.588. The summed E-state index contributed by atoms with van der Waals surface area (Å²) in [5.74, 6) is 0.696. The van der Waals surface area contributed by atoms with E-state index in [1.165, 1.54) is 0 Å². The molecular formula is C17H26O3S. The van der Waals surface area contributed by atoms with Gasteiger partial charge in [-0.15, -0.1) is 0 Å². The lowest BCUT2D eigenvalue weighted by molar-refractivity contribution is -0.118. The van der Waals surface area contributed by atoms with Crippen molar-refractivity contribution in [2.45, 2.75) is 63.7 Å². The van der Waals surface area contributed by atoms with Gasteiger partial charge in [-0.25, -0.2) is 8.42 Å². The number of hydrogen-bond donors (Lipinski definition) is 0. The van der Waals surface area contributed by atoms with Gasteiger partial charge in [-0.1, -0.05) is 32.9 Å². The molecule has 0 radical (unpaired) electrons. The Balaban J connectivity index is 2.94. The molecule has 1 aromatic carbocycles. The largest absolute Gasteiger partial charge is 0.300 e. The minimum atomic E-state index is -3.18. The average molecular weight is 310 g/mol. The summed E-state index contributed by atoms with van der Waals surface area (Å²) in [6, 6.07) is 7.23. The highest BCUT2D eigenvalue weighted by Crippen LogP contribution is 2.27. The smallest absolute Gasteiger partial charge is 0.178 e. The van der Waals surface area contributed by atoms with Crippen LogP contribution in [0.4, 0.5) is 0 Å². The molecule has 1 rings (SSSR count). The van der Waals surface area contributed by atoms with Crippen molar-refractivity contribution in [3.05, 3.63) is 29.8 Å². The second-order valence-electron chi connectivity index (χ2n) is 5.43. The van der Waals surface area contributed by atoms with E-state index in [-0.39, 0.29) is 17.5 Å². The SMILES string of the molecule is CCCS(=O)(=O)c1cccc(C(CC)CCC(=O)CC)c1. The van der Waals surface area contributed by atoms with Gasteiger partial charge in [0.1, 0.15) is 5.78 Å². The second kappa shape index (κ2) is 8.32. The summed E-state index contributed by atoms with van der Waals surface area (Å²) < 4.78 is 24.3. The van der Waals surface area contributed by atoms with Gasteiger partial charge >= 0.3 is 0 Å². The van der Waals surface area contributed by atoms with E-state index < -0.39 is 9.84 Å². The summed E-state index contributed by atoms with van der Waals surface area (Å²) in [5, 5.41) is 0. The topological polar surface area (TPSA) is 51.2 Å². The fourth-order valence-electron chi connectivity index (χ4n) is 2.47. The first-order chi connectivity index (χ1) is 9.94. The third-order valence-electron chi connectivity index (χ3n) is 3.82. The number of sulfone groups is 1. The zero-order chi connectivity index (χ0) is 15.9. The third-order valence-corrected chi connectivity index (χ3v) is 5.74. The molecule has 118 valence electrons. The highest BCUT2D eigenvalue weighted by atomic mass is 32.2. The maximum absolute atomic E-state index is 12.2. The molecular weight excluding hydrogens is 284 g/mol. The van der Waals surface area contributed by atoms with Crippen molar-refractivity contribution in [3.63, 3.8) is 0 Å². The monoisotopic (exact) mass is 310 g/mol. The van der Waals surface area contributed by atoms with E-state index in [2.05, 4.69) is 6.92 Å². The van der Waals surface area contributed by atoms with Crippen LogP contribution in [0.15, 0.2) is 29.2 Å². The van der Waals surface area contributed by atoms with E-state index in [1.54, 1.807) is 12.1 Å². The number of carbonyl (C=O) groups is 1. The Morgan fingerprint density at radius 3 is 2.48 bits per heavy atom. The molecule has 0 amide bonds. The molecule has 0 aliphatic carbocycles. The molecule has 0 N–H and O–H groups in total. The Morgan fingerprint density at radius 2 is 1.90 bits per heavy atom.